The Labute approximate surface area is 95.6 Å². The fourth-order valence-electron chi connectivity index (χ4n) is 0.772. The molecule has 2 nitrogen and oxygen atoms in total. The standard InChI is InChI=1S/C7H2ClF3INO/c8-5(14)2-1-3(6(10)11)13-7(12)4(2)9/h1,6H. The molecule has 76 valence electrons. The molecule has 14 heavy (non-hydrogen) atoms. The summed E-state index contributed by atoms with van der Waals surface area (Å²) in [6.45, 7) is 0. The number of halogens is 5. The normalized spacial score (nSPS) is 10.7. The van der Waals surface area contributed by atoms with Gasteiger partial charge in [0.1, 0.15) is 9.39 Å². The molecule has 0 fully saturated rings. The van der Waals surface area contributed by atoms with Crippen molar-refractivity contribution in [1.82, 2.24) is 4.98 Å². The fraction of sp³-hybridized carbons (Fsp3) is 0.143. The van der Waals surface area contributed by atoms with Crippen molar-refractivity contribution in [2.75, 3.05) is 0 Å². The largest absolute Gasteiger partial charge is 0.280 e. The monoisotopic (exact) mass is 335 g/mol. The third kappa shape index (κ3) is 2.35. The summed E-state index contributed by atoms with van der Waals surface area (Å²) in [5.74, 6) is -0.977. The zero-order chi connectivity index (χ0) is 10.9. The highest BCUT2D eigenvalue weighted by Gasteiger charge is 2.19. The predicted octanol–water partition coefficient (Wildman–Crippen LogP) is 3.14. The minimum Gasteiger partial charge on any atom is -0.275 e. The number of carbonyl (C=O) groups excluding carboxylic acids is 1. The predicted molar refractivity (Wildman–Crippen MR) is 52.1 cm³/mol. The van der Waals surface area contributed by atoms with Crippen molar-refractivity contribution in [1.29, 1.82) is 0 Å². The number of hydrogen-bond donors (Lipinski definition) is 0. The number of nitrogens with zero attached hydrogens (tertiary/aromatic N) is 1. The van der Waals surface area contributed by atoms with Gasteiger partial charge < -0.3 is 0 Å². The van der Waals surface area contributed by atoms with Crippen LogP contribution in [-0.2, 0) is 0 Å². The highest BCUT2D eigenvalue weighted by Crippen LogP contribution is 2.23. The Morgan fingerprint density at radius 3 is 2.57 bits per heavy atom. The van der Waals surface area contributed by atoms with E-state index in [0.29, 0.717) is 6.07 Å². The summed E-state index contributed by atoms with van der Waals surface area (Å²) in [5, 5.41) is -1.12. The first-order chi connectivity index (χ1) is 6.43. The van der Waals surface area contributed by atoms with Crippen LogP contribution in [0.2, 0.25) is 0 Å². The molecule has 0 radical (unpaired) electrons. The highest BCUT2D eigenvalue weighted by atomic mass is 127. The van der Waals surface area contributed by atoms with E-state index in [1.165, 1.54) is 22.6 Å². The molecule has 0 bridgehead atoms. The lowest BCUT2D eigenvalue weighted by Gasteiger charge is -2.03. The van der Waals surface area contributed by atoms with Crippen LogP contribution >= 0.6 is 34.2 Å². The summed E-state index contributed by atoms with van der Waals surface area (Å²) in [6, 6.07) is 0.650. The van der Waals surface area contributed by atoms with Crippen LogP contribution in [0.3, 0.4) is 0 Å². The number of alkyl halides is 2. The Morgan fingerprint density at radius 1 is 1.57 bits per heavy atom. The molecule has 1 heterocycles. The number of rotatable bonds is 2. The van der Waals surface area contributed by atoms with E-state index in [9.17, 15) is 18.0 Å². The number of aromatic nitrogens is 1. The molecule has 0 saturated heterocycles. The van der Waals surface area contributed by atoms with Crippen LogP contribution in [-0.4, -0.2) is 10.2 Å². The molecular formula is C7H2ClF3INO. The maximum Gasteiger partial charge on any atom is 0.280 e. The molecule has 0 saturated carbocycles. The minimum atomic E-state index is -2.86. The molecule has 7 heteroatoms. The van der Waals surface area contributed by atoms with Crippen LogP contribution in [0.5, 0.6) is 0 Å². The Morgan fingerprint density at radius 2 is 2.14 bits per heavy atom. The van der Waals surface area contributed by atoms with E-state index in [0.717, 1.165) is 0 Å². The zero-order valence-electron chi connectivity index (χ0n) is 6.40. The average molecular weight is 335 g/mol. The molecule has 0 unspecified atom stereocenters. The Balaban J connectivity index is 3.35. The quantitative estimate of drug-likeness (QED) is 0.472. The molecule has 1 aromatic rings. The zero-order valence-corrected chi connectivity index (χ0v) is 9.31. The second-order valence-corrected chi connectivity index (χ2v) is 3.64. The molecule has 0 aliphatic carbocycles. The van der Waals surface area contributed by atoms with Gasteiger partial charge in [-0.2, -0.15) is 0 Å². The van der Waals surface area contributed by atoms with Crippen molar-refractivity contribution in [3.8, 4) is 0 Å². The van der Waals surface area contributed by atoms with Crippen LogP contribution in [0.4, 0.5) is 13.2 Å². The van der Waals surface area contributed by atoms with E-state index >= 15 is 0 Å². The topological polar surface area (TPSA) is 30.0 Å². The van der Waals surface area contributed by atoms with Crippen LogP contribution in [0.1, 0.15) is 22.5 Å². The van der Waals surface area contributed by atoms with E-state index in [4.69, 9.17) is 11.6 Å². The Hall–Kier alpha value is -0.370. The van der Waals surface area contributed by atoms with Crippen molar-refractivity contribution in [3.63, 3.8) is 0 Å². The lowest BCUT2D eigenvalue weighted by molar-refractivity contribution is 0.107. The lowest BCUT2D eigenvalue weighted by Crippen LogP contribution is -2.04. The molecule has 0 spiro atoms. The van der Waals surface area contributed by atoms with E-state index in [1.54, 1.807) is 0 Å². The van der Waals surface area contributed by atoms with Gasteiger partial charge in [0.2, 0.25) is 0 Å². The van der Waals surface area contributed by atoms with Crippen LogP contribution in [0, 0.1) is 9.52 Å². The first-order valence-electron chi connectivity index (χ1n) is 3.27. The number of pyridine rings is 1. The molecule has 0 N–H and O–H groups in total. The van der Waals surface area contributed by atoms with Crippen molar-refractivity contribution < 1.29 is 18.0 Å². The van der Waals surface area contributed by atoms with E-state index in [2.05, 4.69) is 4.98 Å². The highest BCUT2D eigenvalue weighted by molar-refractivity contribution is 14.1. The Bertz CT molecular complexity index is 385. The van der Waals surface area contributed by atoms with Crippen LogP contribution in [0.25, 0.3) is 0 Å². The van der Waals surface area contributed by atoms with Crippen LogP contribution < -0.4 is 0 Å². The SMILES string of the molecule is O=C(Cl)c1cc(C(F)F)nc(I)c1F. The average Bonchev–Trinajstić information content (AvgIpc) is 2.08. The van der Waals surface area contributed by atoms with Gasteiger partial charge in [0.15, 0.2) is 5.82 Å². The summed E-state index contributed by atoms with van der Waals surface area (Å²) >= 11 is 6.41. The molecule has 0 atom stereocenters. The first-order valence-corrected chi connectivity index (χ1v) is 4.73. The summed E-state index contributed by atoms with van der Waals surface area (Å²) in [6.07, 6.45) is -2.86. The maximum atomic E-state index is 13.1. The number of hydrogen-bond acceptors (Lipinski definition) is 2. The van der Waals surface area contributed by atoms with Gasteiger partial charge in [-0.15, -0.1) is 0 Å². The summed E-state index contributed by atoms with van der Waals surface area (Å²) in [5.41, 5.74) is -1.25. The van der Waals surface area contributed by atoms with Gasteiger partial charge in [0.05, 0.1) is 5.56 Å². The smallest absolute Gasteiger partial charge is 0.275 e. The van der Waals surface area contributed by atoms with Gasteiger partial charge in [-0.3, -0.25) is 4.79 Å². The second kappa shape index (κ2) is 4.43. The third-order valence-corrected chi connectivity index (χ3v) is 2.29. The molecule has 0 amide bonds. The molecule has 1 rings (SSSR count). The van der Waals surface area contributed by atoms with Crippen molar-refractivity contribution in [3.05, 3.63) is 26.8 Å². The van der Waals surface area contributed by atoms with Gasteiger partial charge in [-0.05, 0) is 40.3 Å². The molecular weight excluding hydrogens is 333 g/mol. The van der Waals surface area contributed by atoms with Crippen LogP contribution in [0.15, 0.2) is 6.07 Å². The molecule has 0 aliphatic rings. The fourth-order valence-corrected chi connectivity index (χ4v) is 1.48. The molecule has 0 aromatic carbocycles. The van der Waals surface area contributed by atoms with Crippen molar-refractivity contribution in [2.24, 2.45) is 0 Å². The van der Waals surface area contributed by atoms with Gasteiger partial charge in [-0.1, -0.05) is 0 Å². The second-order valence-electron chi connectivity index (χ2n) is 2.27. The van der Waals surface area contributed by atoms with Gasteiger partial charge in [0, 0.05) is 0 Å². The maximum absolute atomic E-state index is 13.1. The molecule has 1 aromatic heterocycles. The summed E-state index contributed by atoms with van der Waals surface area (Å²) in [4.78, 5) is 13.9. The van der Waals surface area contributed by atoms with Gasteiger partial charge >= 0.3 is 0 Å². The molecule has 0 aliphatic heterocycles. The summed E-state index contributed by atoms with van der Waals surface area (Å²) in [7, 11) is 0. The van der Waals surface area contributed by atoms with E-state index in [-0.39, 0.29) is 3.70 Å². The van der Waals surface area contributed by atoms with Crippen molar-refractivity contribution in [2.45, 2.75) is 6.43 Å². The Kier molecular flexibility index (Phi) is 3.71. The van der Waals surface area contributed by atoms with Crippen molar-refractivity contribution >= 4 is 39.4 Å². The lowest BCUT2D eigenvalue weighted by atomic mass is 10.2. The summed E-state index contributed by atoms with van der Waals surface area (Å²) < 4.78 is 37.1. The number of carbonyl (C=O) groups is 1. The van der Waals surface area contributed by atoms with Gasteiger partial charge in [0.25, 0.3) is 11.7 Å². The third-order valence-electron chi connectivity index (χ3n) is 1.37. The van der Waals surface area contributed by atoms with Gasteiger partial charge in [-0.25, -0.2) is 18.2 Å². The van der Waals surface area contributed by atoms with E-state index in [1.807, 2.05) is 0 Å². The first kappa shape index (κ1) is 11.7. The minimum absolute atomic E-state index is 0.301. The van der Waals surface area contributed by atoms with E-state index < -0.39 is 28.7 Å².